The van der Waals surface area contributed by atoms with Crippen LogP contribution in [0.4, 0.5) is 0 Å². The number of β-amino-alcohol motifs (C(OH)–C–C–N with tert-alkyl or cyclic N) is 2. The molecule has 1 fully saturated rings. The van der Waals surface area contributed by atoms with Crippen molar-refractivity contribution in [1.29, 1.82) is 0 Å². The van der Waals surface area contributed by atoms with Crippen LogP contribution in [-0.2, 0) is 0 Å². The highest BCUT2D eigenvalue weighted by Gasteiger charge is 2.34. The van der Waals surface area contributed by atoms with E-state index in [1.165, 1.54) is 4.90 Å². The monoisotopic (exact) mass is 275 g/mol. The number of nitrogens with zero attached hydrogens (tertiary/aromatic N) is 2. The molecule has 1 amide bonds. The van der Waals surface area contributed by atoms with Crippen LogP contribution in [0.15, 0.2) is 29.1 Å². The number of aliphatic hydroxyl groups is 2. The molecule has 0 spiro atoms. The lowest BCUT2D eigenvalue weighted by molar-refractivity contribution is 0.0572. The maximum atomic E-state index is 12.4. The number of aliphatic hydroxyl groups excluding tert-OH is 2. The van der Waals surface area contributed by atoms with E-state index in [0.717, 1.165) is 0 Å². The number of likely N-dealkylation sites (tertiary alicyclic amines) is 1. The van der Waals surface area contributed by atoms with Gasteiger partial charge in [0, 0.05) is 18.5 Å². The molecule has 1 aliphatic heterocycles. The van der Waals surface area contributed by atoms with Gasteiger partial charge in [0.2, 0.25) is 0 Å². The summed E-state index contributed by atoms with van der Waals surface area (Å²) in [4.78, 5) is 25.4. The van der Waals surface area contributed by atoms with E-state index < -0.39 is 18.1 Å². The minimum Gasteiger partial charge on any atom is -0.388 e. The van der Waals surface area contributed by atoms with E-state index in [4.69, 9.17) is 0 Å². The molecule has 0 unspecified atom stereocenters. The number of H-pyrrole nitrogens is 1. The zero-order chi connectivity index (χ0) is 14.3. The molecule has 7 heteroatoms. The average Bonchev–Trinajstić information content (AvgIpc) is 2.79. The fourth-order valence-electron chi connectivity index (χ4n) is 2.36. The number of hydrogen-bond acceptors (Lipinski definition) is 5. The molecule has 0 bridgehead atoms. The van der Waals surface area contributed by atoms with Crippen LogP contribution in [0.3, 0.4) is 0 Å². The van der Waals surface area contributed by atoms with Gasteiger partial charge in [-0.3, -0.25) is 9.59 Å². The largest absolute Gasteiger partial charge is 0.388 e. The number of fused-ring (bicyclic) bond motifs is 1. The Bertz CT molecular complexity index is 717. The van der Waals surface area contributed by atoms with Crippen molar-refractivity contribution in [3.63, 3.8) is 0 Å². The molecular formula is C13H13N3O4. The van der Waals surface area contributed by atoms with Crippen molar-refractivity contribution >= 4 is 16.7 Å². The maximum absolute atomic E-state index is 12.4. The molecule has 104 valence electrons. The van der Waals surface area contributed by atoms with Crippen LogP contribution in [0.1, 0.15) is 10.5 Å². The standard InChI is InChI=1S/C13H13N3O4/c17-9-5-16(6-10(9)18)13(20)11-7-3-1-2-4-8(7)12(19)15-14-11/h1-4,9-10,17-18H,5-6H2,(H,15,19)/t9-,10+. The Balaban J connectivity index is 2.05. The minimum atomic E-state index is -0.951. The van der Waals surface area contributed by atoms with Gasteiger partial charge in [0.15, 0.2) is 5.69 Å². The number of carbonyl (C=O) groups is 1. The highest BCUT2D eigenvalue weighted by atomic mass is 16.3. The van der Waals surface area contributed by atoms with Gasteiger partial charge in [-0.1, -0.05) is 18.2 Å². The summed E-state index contributed by atoms with van der Waals surface area (Å²) in [5.74, 6) is -0.423. The SMILES string of the molecule is O=C(c1n[nH]c(=O)c2ccccc12)N1C[C@@H](O)[C@@H](O)C1. The van der Waals surface area contributed by atoms with Gasteiger partial charge >= 0.3 is 0 Å². The normalized spacial score (nSPS) is 22.4. The number of hydrogen-bond donors (Lipinski definition) is 3. The van der Waals surface area contributed by atoms with Crippen molar-refractivity contribution in [2.24, 2.45) is 0 Å². The summed E-state index contributed by atoms with van der Waals surface area (Å²) in [7, 11) is 0. The smallest absolute Gasteiger partial charge is 0.275 e. The lowest BCUT2D eigenvalue weighted by atomic mass is 10.1. The number of aromatic nitrogens is 2. The van der Waals surface area contributed by atoms with Crippen LogP contribution in [0.25, 0.3) is 10.8 Å². The third kappa shape index (κ3) is 1.97. The van der Waals surface area contributed by atoms with Crippen LogP contribution in [0.5, 0.6) is 0 Å². The highest BCUT2D eigenvalue weighted by molar-refractivity contribution is 6.04. The van der Waals surface area contributed by atoms with Gasteiger partial charge in [-0.05, 0) is 6.07 Å². The summed E-state index contributed by atoms with van der Waals surface area (Å²) in [6, 6.07) is 6.68. The first-order chi connectivity index (χ1) is 9.58. The molecule has 2 heterocycles. The van der Waals surface area contributed by atoms with E-state index >= 15 is 0 Å². The topological polar surface area (TPSA) is 107 Å². The summed E-state index contributed by atoms with van der Waals surface area (Å²) in [6.45, 7) is 0.101. The second kappa shape index (κ2) is 4.69. The Morgan fingerprint density at radius 3 is 2.45 bits per heavy atom. The van der Waals surface area contributed by atoms with Crippen LogP contribution in [-0.4, -0.2) is 56.5 Å². The van der Waals surface area contributed by atoms with Gasteiger partial charge < -0.3 is 15.1 Å². The van der Waals surface area contributed by atoms with Crippen molar-refractivity contribution in [2.45, 2.75) is 12.2 Å². The van der Waals surface area contributed by atoms with Crippen molar-refractivity contribution in [3.05, 3.63) is 40.3 Å². The Morgan fingerprint density at radius 1 is 1.20 bits per heavy atom. The number of rotatable bonds is 1. The lowest BCUT2D eigenvalue weighted by Gasteiger charge is -2.15. The van der Waals surface area contributed by atoms with Gasteiger partial charge in [-0.2, -0.15) is 5.10 Å². The molecule has 1 saturated heterocycles. The van der Waals surface area contributed by atoms with Crippen LogP contribution in [0, 0.1) is 0 Å². The van der Waals surface area contributed by atoms with Crippen molar-refractivity contribution in [2.75, 3.05) is 13.1 Å². The Morgan fingerprint density at radius 2 is 1.80 bits per heavy atom. The van der Waals surface area contributed by atoms with Gasteiger partial charge in [0.25, 0.3) is 11.5 Å². The molecule has 1 aromatic heterocycles. The van der Waals surface area contributed by atoms with Gasteiger partial charge in [-0.15, -0.1) is 0 Å². The third-order valence-electron chi connectivity index (χ3n) is 3.44. The predicted molar refractivity (Wildman–Crippen MR) is 70.3 cm³/mol. The second-order valence-electron chi connectivity index (χ2n) is 4.79. The molecule has 0 aliphatic carbocycles. The number of nitrogens with one attached hydrogen (secondary N) is 1. The molecule has 0 radical (unpaired) electrons. The van der Waals surface area contributed by atoms with Gasteiger partial charge in [0.05, 0.1) is 17.6 Å². The lowest BCUT2D eigenvalue weighted by Crippen LogP contribution is -2.31. The summed E-state index contributed by atoms with van der Waals surface area (Å²) in [5.41, 5.74) is -0.250. The van der Waals surface area contributed by atoms with E-state index in [2.05, 4.69) is 10.2 Å². The van der Waals surface area contributed by atoms with Crippen LogP contribution >= 0.6 is 0 Å². The summed E-state index contributed by atoms with van der Waals surface area (Å²) >= 11 is 0. The minimum absolute atomic E-state index is 0.0507. The molecule has 1 aliphatic rings. The first-order valence-electron chi connectivity index (χ1n) is 6.21. The molecule has 7 nitrogen and oxygen atoms in total. The van der Waals surface area contributed by atoms with Crippen molar-refractivity contribution < 1.29 is 15.0 Å². The van der Waals surface area contributed by atoms with E-state index in [9.17, 15) is 19.8 Å². The van der Waals surface area contributed by atoms with Crippen molar-refractivity contribution in [1.82, 2.24) is 15.1 Å². The van der Waals surface area contributed by atoms with E-state index in [1.54, 1.807) is 24.3 Å². The molecular weight excluding hydrogens is 262 g/mol. The number of aromatic amines is 1. The van der Waals surface area contributed by atoms with E-state index in [1.807, 2.05) is 0 Å². The Labute approximate surface area is 113 Å². The van der Waals surface area contributed by atoms with Crippen LogP contribution < -0.4 is 5.56 Å². The Kier molecular flexibility index (Phi) is 3.00. The average molecular weight is 275 g/mol. The molecule has 2 atom stereocenters. The Hall–Kier alpha value is -2.25. The number of benzene rings is 1. The third-order valence-corrected chi connectivity index (χ3v) is 3.44. The fourth-order valence-corrected chi connectivity index (χ4v) is 2.36. The van der Waals surface area contributed by atoms with Crippen molar-refractivity contribution in [3.8, 4) is 0 Å². The molecule has 0 saturated carbocycles. The first-order valence-corrected chi connectivity index (χ1v) is 6.21. The molecule has 3 rings (SSSR count). The number of carbonyl (C=O) groups excluding carboxylic acids is 1. The predicted octanol–water partition coefficient (Wildman–Crippen LogP) is -0.899. The highest BCUT2D eigenvalue weighted by Crippen LogP contribution is 2.18. The van der Waals surface area contributed by atoms with E-state index in [0.29, 0.717) is 10.8 Å². The summed E-state index contributed by atoms with van der Waals surface area (Å²) in [6.07, 6.45) is -1.90. The molecule has 2 aromatic rings. The zero-order valence-corrected chi connectivity index (χ0v) is 10.5. The number of amides is 1. The molecule has 3 N–H and O–H groups in total. The van der Waals surface area contributed by atoms with E-state index in [-0.39, 0.29) is 24.3 Å². The quantitative estimate of drug-likeness (QED) is 0.625. The molecule has 20 heavy (non-hydrogen) atoms. The summed E-state index contributed by atoms with van der Waals surface area (Å²) in [5, 5.41) is 25.9. The summed E-state index contributed by atoms with van der Waals surface area (Å²) < 4.78 is 0. The molecule has 1 aromatic carbocycles. The van der Waals surface area contributed by atoms with Crippen LogP contribution in [0.2, 0.25) is 0 Å². The maximum Gasteiger partial charge on any atom is 0.275 e. The second-order valence-corrected chi connectivity index (χ2v) is 4.79. The van der Waals surface area contributed by atoms with Gasteiger partial charge in [0.1, 0.15) is 0 Å². The fraction of sp³-hybridized carbons (Fsp3) is 0.308. The zero-order valence-electron chi connectivity index (χ0n) is 10.5. The first kappa shape index (κ1) is 12.8. The van der Waals surface area contributed by atoms with Gasteiger partial charge in [-0.25, -0.2) is 5.10 Å².